The molecule has 0 aliphatic heterocycles. The first-order valence-electron chi connectivity index (χ1n) is 8.36. The maximum atomic E-state index is 13.2. The van der Waals surface area contributed by atoms with Gasteiger partial charge in [-0.25, -0.2) is 4.98 Å². The Morgan fingerprint density at radius 3 is 1.88 bits per heavy atom. The standard InChI is InChI=1S/C19H25F3N4/c1-17(2,3)12-7-9-13(10-8-12)23-15-11-14(19(20,21)22)24-16(25-15)26-18(4,5)6/h7-11H,1-6H3,(H2,23,24,25,26). The SMILES string of the molecule is CC(C)(C)Nc1nc(Nc2ccc(C(C)(C)C)cc2)cc(C(F)(F)F)n1. The average molecular weight is 366 g/mol. The van der Waals surface area contributed by atoms with Crippen molar-refractivity contribution in [3.63, 3.8) is 0 Å². The molecule has 1 heterocycles. The normalized spacial score (nSPS) is 12.8. The van der Waals surface area contributed by atoms with E-state index in [0.717, 1.165) is 11.6 Å². The molecule has 0 saturated heterocycles. The summed E-state index contributed by atoms with van der Waals surface area (Å²) in [6, 6.07) is 8.45. The van der Waals surface area contributed by atoms with Crippen molar-refractivity contribution in [3.8, 4) is 0 Å². The third kappa shape index (κ3) is 5.61. The quantitative estimate of drug-likeness (QED) is 0.726. The molecule has 0 aliphatic rings. The molecule has 7 heteroatoms. The predicted molar refractivity (Wildman–Crippen MR) is 98.8 cm³/mol. The van der Waals surface area contributed by atoms with Gasteiger partial charge in [0, 0.05) is 17.3 Å². The number of nitrogens with zero attached hydrogens (tertiary/aromatic N) is 2. The lowest BCUT2D eigenvalue weighted by Gasteiger charge is -2.22. The van der Waals surface area contributed by atoms with Crippen LogP contribution in [-0.2, 0) is 11.6 Å². The molecule has 0 amide bonds. The number of halogens is 3. The molecule has 0 spiro atoms. The Morgan fingerprint density at radius 2 is 1.42 bits per heavy atom. The topological polar surface area (TPSA) is 49.8 Å². The number of rotatable bonds is 3. The molecule has 2 rings (SSSR count). The van der Waals surface area contributed by atoms with Crippen LogP contribution in [0.1, 0.15) is 52.8 Å². The minimum atomic E-state index is -4.55. The first kappa shape index (κ1) is 20.0. The smallest absolute Gasteiger partial charge is 0.350 e. The van der Waals surface area contributed by atoms with Crippen LogP contribution in [0.25, 0.3) is 0 Å². The van der Waals surface area contributed by atoms with Gasteiger partial charge in [-0.2, -0.15) is 18.2 Å². The summed E-state index contributed by atoms with van der Waals surface area (Å²) in [5, 5.41) is 5.82. The molecular weight excluding hydrogens is 341 g/mol. The summed E-state index contributed by atoms with van der Waals surface area (Å²) < 4.78 is 39.5. The highest BCUT2D eigenvalue weighted by Gasteiger charge is 2.34. The van der Waals surface area contributed by atoms with Gasteiger partial charge in [0.1, 0.15) is 5.82 Å². The Morgan fingerprint density at radius 1 is 0.846 bits per heavy atom. The van der Waals surface area contributed by atoms with Crippen LogP contribution in [0, 0.1) is 0 Å². The molecular formula is C19H25F3N4. The van der Waals surface area contributed by atoms with Crippen LogP contribution in [-0.4, -0.2) is 15.5 Å². The molecule has 26 heavy (non-hydrogen) atoms. The Balaban J connectivity index is 2.34. The predicted octanol–water partition coefficient (Wildman–Crippen LogP) is 5.75. The summed E-state index contributed by atoms with van der Waals surface area (Å²) >= 11 is 0. The monoisotopic (exact) mass is 366 g/mol. The van der Waals surface area contributed by atoms with Crippen LogP contribution in [0.5, 0.6) is 0 Å². The molecule has 0 atom stereocenters. The fourth-order valence-electron chi connectivity index (χ4n) is 2.25. The fourth-order valence-corrected chi connectivity index (χ4v) is 2.25. The highest BCUT2D eigenvalue weighted by Crippen LogP contribution is 2.31. The fraction of sp³-hybridized carbons (Fsp3) is 0.474. The van der Waals surface area contributed by atoms with Gasteiger partial charge in [-0.3, -0.25) is 0 Å². The molecule has 0 aliphatic carbocycles. The van der Waals surface area contributed by atoms with Gasteiger partial charge in [-0.05, 0) is 43.9 Å². The Labute approximate surface area is 152 Å². The number of nitrogens with one attached hydrogen (secondary N) is 2. The number of alkyl halides is 3. The van der Waals surface area contributed by atoms with E-state index in [-0.39, 0.29) is 17.2 Å². The zero-order chi connectivity index (χ0) is 19.8. The van der Waals surface area contributed by atoms with Crippen LogP contribution < -0.4 is 10.6 Å². The number of anilines is 3. The van der Waals surface area contributed by atoms with Crippen molar-refractivity contribution in [1.29, 1.82) is 0 Å². The van der Waals surface area contributed by atoms with E-state index in [2.05, 4.69) is 41.4 Å². The van der Waals surface area contributed by atoms with Crippen LogP contribution in [0.15, 0.2) is 30.3 Å². The van der Waals surface area contributed by atoms with E-state index in [0.29, 0.717) is 5.69 Å². The van der Waals surface area contributed by atoms with Gasteiger partial charge in [0.25, 0.3) is 0 Å². The van der Waals surface area contributed by atoms with Crippen LogP contribution in [0.4, 0.5) is 30.6 Å². The number of hydrogen-bond donors (Lipinski definition) is 2. The molecule has 0 saturated carbocycles. The minimum absolute atomic E-state index is 0.000693. The maximum absolute atomic E-state index is 13.2. The summed E-state index contributed by atoms with van der Waals surface area (Å²) in [5.41, 5.74) is 0.340. The Kier molecular flexibility index (Phi) is 5.21. The van der Waals surface area contributed by atoms with Gasteiger partial charge in [0.05, 0.1) is 0 Å². The molecule has 4 nitrogen and oxygen atoms in total. The number of hydrogen-bond acceptors (Lipinski definition) is 4. The lowest BCUT2D eigenvalue weighted by atomic mass is 9.87. The molecule has 2 aromatic rings. The van der Waals surface area contributed by atoms with Crippen molar-refractivity contribution in [2.45, 2.75) is 58.7 Å². The maximum Gasteiger partial charge on any atom is 0.433 e. The van der Waals surface area contributed by atoms with Crippen molar-refractivity contribution in [2.75, 3.05) is 10.6 Å². The van der Waals surface area contributed by atoms with Gasteiger partial charge in [-0.15, -0.1) is 0 Å². The van der Waals surface area contributed by atoms with Crippen molar-refractivity contribution in [2.24, 2.45) is 0 Å². The zero-order valence-electron chi connectivity index (χ0n) is 15.9. The van der Waals surface area contributed by atoms with E-state index in [1.807, 2.05) is 45.0 Å². The van der Waals surface area contributed by atoms with Gasteiger partial charge >= 0.3 is 6.18 Å². The summed E-state index contributed by atoms with van der Waals surface area (Å²) in [7, 11) is 0. The molecule has 1 aromatic heterocycles. The molecule has 0 fully saturated rings. The summed E-state index contributed by atoms with van der Waals surface area (Å²) in [4.78, 5) is 7.76. The van der Waals surface area contributed by atoms with Crippen LogP contribution >= 0.6 is 0 Å². The van der Waals surface area contributed by atoms with Gasteiger partial charge in [-0.1, -0.05) is 32.9 Å². The third-order valence-corrected chi connectivity index (χ3v) is 3.53. The van der Waals surface area contributed by atoms with Gasteiger partial charge < -0.3 is 10.6 Å². The number of benzene rings is 1. The second-order valence-electron chi connectivity index (χ2n) is 8.29. The summed E-state index contributed by atoms with van der Waals surface area (Å²) in [6.07, 6.45) is -4.55. The van der Waals surface area contributed by atoms with Crippen molar-refractivity contribution in [3.05, 3.63) is 41.6 Å². The molecule has 0 radical (unpaired) electrons. The average Bonchev–Trinajstić information content (AvgIpc) is 2.43. The minimum Gasteiger partial charge on any atom is -0.350 e. The molecule has 0 unspecified atom stereocenters. The Hall–Kier alpha value is -2.31. The Bertz CT molecular complexity index is 754. The first-order valence-corrected chi connectivity index (χ1v) is 8.36. The number of aromatic nitrogens is 2. The molecule has 1 aromatic carbocycles. The van der Waals surface area contributed by atoms with Crippen LogP contribution in [0.3, 0.4) is 0 Å². The van der Waals surface area contributed by atoms with Crippen LogP contribution in [0.2, 0.25) is 0 Å². The third-order valence-electron chi connectivity index (χ3n) is 3.53. The van der Waals surface area contributed by atoms with Gasteiger partial charge in [0.15, 0.2) is 5.69 Å². The first-order chi connectivity index (χ1) is 11.7. The molecule has 142 valence electrons. The van der Waals surface area contributed by atoms with E-state index in [4.69, 9.17) is 0 Å². The zero-order valence-corrected chi connectivity index (χ0v) is 15.9. The van der Waals surface area contributed by atoms with E-state index < -0.39 is 17.4 Å². The highest BCUT2D eigenvalue weighted by atomic mass is 19.4. The highest BCUT2D eigenvalue weighted by molar-refractivity contribution is 5.58. The molecule has 2 N–H and O–H groups in total. The second kappa shape index (κ2) is 6.78. The lowest BCUT2D eigenvalue weighted by molar-refractivity contribution is -0.141. The van der Waals surface area contributed by atoms with Crippen molar-refractivity contribution >= 4 is 17.5 Å². The van der Waals surface area contributed by atoms with Gasteiger partial charge in [0.2, 0.25) is 5.95 Å². The van der Waals surface area contributed by atoms with Crippen molar-refractivity contribution in [1.82, 2.24) is 9.97 Å². The molecule has 0 bridgehead atoms. The largest absolute Gasteiger partial charge is 0.433 e. The van der Waals surface area contributed by atoms with E-state index in [1.165, 1.54) is 0 Å². The lowest BCUT2D eigenvalue weighted by Crippen LogP contribution is -2.28. The van der Waals surface area contributed by atoms with E-state index >= 15 is 0 Å². The van der Waals surface area contributed by atoms with E-state index in [1.54, 1.807) is 0 Å². The van der Waals surface area contributed by atoms with E-state index in [9.17, 15) is 13.2 Å². The summed E-state index contributed by atoms with van der Waals surface area (Å²) in [5.74, 6) is 0.0173. The van der Waals surface area contributed by atoms with Crippen molar-refractivity contribution < 1.29 is 13.2 Å². The summed E-state index contributed by atoms with van der Waals surface area (Å²) in [6.45, 7) is 11.8. The second-order valence-corrected chi connectivity index (χ2v) is 8.29.